The molecule has 1 saturated heterocycles. The van der Waals surface area contributed by atoms with Crippen LogP contribution in [0, 0.1) is 0 Å². The highest BCUT2D eigenvalue weighted by Gasteiger charge is 2.41. The molecule has 31 heavy (non-hydrogen) atoms. The summed E-state index contributed by atoms with van der Waals surface area (Å²) in [6, 6.07) is 13.0. The first-order valence-corrected chi connectivity index (χ1v) is 10.4. The third-order valence-corrected chi connectivity index (χ3v) is 5.89. The Morgan fingerprint density at radius 3 is 2.74 bits per heavy atom. The Morgan fingerprint density at radius 2 is 1.94 bits per heavy atom. The van der Waals surface area contributed by atoms with E-state index in [2.05, 4.69) is 10.6 Å². The highest BCUT2D eigenvalue weighted by molar-refractivity contribution is 6.06. The molecule has 8 nitrogen and oxygen atoms in total. The number of nitrogens with one attached hydrogen (secondary N) is 2. The Bertz CT molecular complexity index is 1040. The number of carbonyl (C=O) groups is 3. The molecule has 0 bridgehead atoms. The highest BCUT2D eigenvalue weighted by Crippen LogP contribution is 2.40. The van der Waals surface area contributed by atoms with Crippen molar-refractivity contribution in [2.45, 2.75) is 38.1 Å². The van der Waals surface area contributed by atoms with Crippen LogP contribution in [0.1, 0.15) is 34.3 Å². The van der Waals surface area contributed by atoms with Crippen LogP contribution in [0.3, 0.4) is 0 Å². The summed E-state index contributed by atoms with van der Waals surface area (Å²) >= 11 is 0. The minimum Gasteiger partial charge on any atom is -0.489 e. The molecule has 3 aliphatic heterocycles. The molecular formula is C23H23N3O5. The number of hydrogen-bond acceptors (Lipinski definition) is 6. The van der Waals surface area contributed by atoms with E-state index in [9.17, 15) is 14.4 Å². The summed E-state index contributed by atoms with van der Waals surface area (Å²) in [4.78, 5) is 38.1. The summed E-state index contributed by atoms with van der Waals surface area (Å²) in [5.41, 5.74) is 3.26. The second-order valence-corrected chi connectivity index (χ2v) is 8.02. The van der Waals surface area contributed by atoms with Gasteiger partial charge in [0.1, 0.15) is 18.4 Å². The number of anilines is 1. The average Bonchev–Trinajstić information content (AvgIpc) is 3.11. The van der Waals surface area contributed by atoms with Crippen LogP contribution in [0.2, 0.25) is 0 Å². The number of ether oxygens (including phenoxy) is 2. The Hall–Kier alpha value is -3.39. The van der Waals surface area contributed by atoms with Crippen LogP contribution in [-0.2, 0) is 27.5 Å². The third-order valence-electron chi connectivity index (χ3n) is 5.89. The first kappa shape index (κ1) is 19.6. The van der Waals surface area contributed by atoms with E-state index in [1.807, 2.05) is 36.4 Å². The first-order chi connectivity index (χ1) is 15.1. The largest absolute Gasteiger partial charge is 0.489 e. The van der Waals surface area contributed by atoms with Crippen molar-refractivity contribution in [3.63, 3.8) is 0 Å². The molecule has 0 radical (unpaired) electrons. The van der Waals surface area contributed by atoms with E-state index in [1.54, 1.807) is 6.07 Å². The molecule has 1 fully saturated rings. The fourth-order valence-corrected chi connectivity index (χ4v) is 4.32. The Morgan fingerprint density at radius 1 is 1.10 bits per heavy atom. The summed E-state index contributed by atoms with van der Waals surface area (Å²) in [6.45, 7) is 1.74. The fourth-order valence-electron chi connectivity index (χ4n) is 4.32. The van der Waals surface area contributed by atoms with E-state index in [4.69, 9.17) is 9.47 Å². The second-order valence-electron chi connectivity index (χ2n) is 8.02. The number of hydrogen-bond donors (Lipinski definition) is 2. The lowest BCUT2D eigenvalue weighted by atomic mass is 10.0. The van der Waals surface area contributed by atoms with Gasteiger partial charge >= 0.3 is 0 Å². The van der Waals surface area contributed by atoms with Crippen molar-refractivity contribution >= 4 is 23.4 Å². The molecule has 5 rings (SSSR count). The first-order valence-electron chi connectivity index (χ1n) is 10.4. The third kappa shape index (κ3) is 3.74. The summed E-state index contributed by atoms with van der Waals surface area (Å²) in [5, 5.41) is 5.76. The molecule has 3 aliphatic rings. The monoisotopic (exact) mass is 421 g/mol. The normalized spacial score (nSPS) is 22.3. The maximum Gasteiger partial charge on any atom is 0.255 e. The molecule has 2 atom stereocenters. The van der Waals surface area contributed by atoms with Crippen molar-refractivity contribution in [1.29, 1.82) is 0 Å². The zero-order valence-electron chi connectivity index (χ0n) is 16.9. The number of imide groups is 1. The second kappa shape index (κ2) is 8.03. The standard InChI is InChI=1S/C23H23N3O5/c27-20-9-8-19(22(28)25-20)26-10-17-16(23(26)29)6-7-18-21(17)31-13-15(24-18)12-30-11-14-4-2-1-3-5-14/h1-7,15,19,24H,8-13H2,(H,25,27,28). The van der Waals surface area contributed by atoms with Crippen molar-refractivity contribution < 1.29 is 23.9 Å². The van der Waals surface area contributed by atoms with Crippen molar-refractivity contribution in [1.82, 2.24) is 10.2 Å². The van der Waals surface area contributed by atoms with Gasteiger partial charge < -0.3 is 19.7 Å². The molecule has 3 amide bonds. The van der Waals surface area contributed by atoms with Gasteiger partial charge in [0.05, 0.1) is 31.5 Å². The number of piperidine rings is 1. The van der Waals surface area contributed by atoms with E-state index in [0.29, 0.717) is 44.1 Å². The van der Waals surface area contributed by atoms with Crippen LogP contribution >= 0.6 is 0 Å². The fraction of sp³-hybridized carbons (Fsp3) is 0.348. The summed E-state index contributed by atoms with van der Waals surface area (Å²) in [7, 11) is 0. The van der Waals surface area contributed by atoms with Gasteiger partial charge in [0, 0.05) is 17.5 Å². The number of rotatable bonds is 5. The summed E-state index contributed by atoms with van der Waals surface area (Å²) in [5.74, 6) is -0.263. The lowest BCUT2D eigenvalue weighted by molar-refractivity contribution is -0.136. The van der Waals surface area contributed by atoms with Crippen LogP contribution in [0.5, 0.6) is 5.75 Å². The topological polar surface area (TPSA) is 97.0 Å². The molecule has 0 saturated carbocycles. The molecule has 2 N–H and O–H groups in total. The van der Waals surface area contributed by atoms with Crippen LogP contribution in [-0.4, -0.2) is 47.9 Å². The number of carbonyl (C=O) groups excluding carboxylic acids is 3. The summed E-state index contributed by atoms with van der Waals surface area (Å²) in [6.07, 6.45) is 0.573. The van der Waals surface area contributed by atoms with E-state index in [-0.39, 0.29) is 24.3 Å². The molecule has 2 aromatic rings. The van der Waals surface area contributed by atoms with Gasteiger partial charge in [-0.05, 0) is 24.1 Å². The number of nitrogens with zero attached hydrogens (tertiary/aromatic N) is 1. The molecule has 2 unspecified atom stereocenters. The lowest BCUT2D eigenvalue weighted by Crippen LogP contribution is -2.52. The van der Waals surface area contributed by atoms with E-state index >= 15 is 0 Å². The molecule has 160 valence electrons. The average molecular weight is 421 g/mol. The number of amides is 3. The molecule has 2 aromatic carbocycles. The smallest absolute Gasteiger partial charge is 0.255 e. The van der Waals surface area contributed by atoms with Crippen LogP contribution in [0.4, 0.5) is 5.69 Å². The van der Waals surface area contributed by atoms with Gasteiger partial charge in [-0.3, -0.25) is 19.7 Å². The van der Waals surface area contributed by atoms with Gasteiger partial charge in [-0.1, -0.05) is 30.3 Å². The molecule has 0 spiro atoms. The van der Waals surface area contributed by atoms with Gasteiger partial charge in [-0.15, -0.1) is 0 Å². The SMILES string of the molecule is O=C1CCC(N2Cc3c(ccc4c3OCC(COCc3ccccc3)N4)C2=O)C(=O)N1. The molecule has 8 heteroatoms. The van der Waals surface area contributed by atoms with Gasteiger partial charge in [0.15, 0.2) is 0 Å². The molecule has 3 heterocycles. The predicted molar refractivity (Wildman–Crippen MR) is 111 cm³/mol. The minimum atomic E-state index is -0.635. The summed E-state index contributed by atoms with van der Waals surface area (Å²) < 4.78 is 11.9. The lowest BCUT2D eigenvalue weighted by Gasteiger charge is -2.30. The van der Waals surface area contributed by atoms with Crippen molar-refractivity contribution in [2.24, 2.45) is 0 Å². The Kier molecular flexibility index (Phi) is 5.07. The van der Waals surface area contributed by atoms with Crippen molar-refractivity contribution in [2.75, 3.05) is 18.5 Å². The van der Waals surface area contributed by atoms with Crippen LogP contribution in [0.25, 0.3) is 0 Å². The van der Waals surface area contributed by atoms with Crippen molar-refractivity contribution in [3.8, 4) is 5.75 Å². The Balaban J connectivity index is 1.25. The maximum atomic E-state index is 12.9. The minimum absolute atomic E-state index is 0.00222. The van der Waals surface area contributed by atoms with Crippen LogP contribution in [0.15, 0.2) is 42.5 Å². The quantitative estimate of drug-likeness (QED) is 0.715. The van der Waals surface area contributed by atoms with Gasteiger partial charge in [-0.25, -0.2) is 0 Å². The van der Waals surface area contributed by atoms with Gasteiger partial charge in [-0.2, -0.15) is 0 Å². The Labute approximate surface area is 179 Å². The zero-order chi connectivity index (χ0) is 21.4. The number of benzene rings is 2. The van der Waals surface area contributed by atoms with Crippen molar-refractivity contribution in [3.05, 3.63) is 59.2 Å². The molecular weight excluding hydrogens is 398 g/mol. The molecule has 0 aromatic heterocycles. The van der Waals surface area contributed by atoms with E-state index in [1.165, 1.54) is 4.90 Å². The predicted octanol–water partition coefficient (Wildman–Crippen LogP) is 1.84. The van der Waals surface area contributed by atoms with E-state index in [0.717, 1.165) is 16.8 Å². The maximum absolute atomic E-state index is 12.9. The van der Waals surface area contributed by atoms with Crippen LogP contribution < -0.4 is 15.4 Å². The zero-order valence-corrected chi connectivity index (χ0v) is 16.9. The highest BCUT2D eigenvalue weighted by atomic mass is 16.5. The molecule has 0 aliphatic carbocycles. The van der Waals surface area contributed by atoms with E-state index < -0.39 is 11.9 Å². The van der Waals surface area contributed by atoms with Gasteiger partial charge in [0.2, 0.25) is 11.8 Å². The number of fused-ring (bicyclic) bond motifs is 3. The van der Waals surface area contributed by atoms with Gasteiger partial charge in [0.25, 0.3) is 5.91 Å².